The zero-order valence-electron chi connectivity index (χ0n) is 14.6. The highest BCUT2D eigenvalue weighted by Crippen LogP contribution is 2.12. The highest BCUT2D eigenvalue weighted by Gasteiger charge is 2.23. The van der Waals surface area contributed by atoms with Crippen molar-refractivity contribution in [2.24, 2.45) is 11.3 Å². The molecule has 0 radical (unpaired) electrons. The summed E-state index contributed by atoms with van der Waals surface area (Å²) in [6, 6.07) is -0.610. The first-order chi connectivity index (χ1) is 10.1. The maximum Gasteiger partial charge on any atom is 0.328 e. The summed E-state index contributed by atoms with van der Waals surface area (Å²) in [7, 11) is 1.31. The first-order valence-electron chi connectivity index (χ1n) is 7.73. The molecule has 6 nitrogen and oxygen atoms in total. The average molecular weight is 314 g/mol. The summed E-state index contributed by atoms with van der Waals surface area (Å²) in [5.41, 5.74) is -0.435. The second-order valence-corrected chi connectivity index (χ2v) is 6.88. The minimum absolute atomic E-state index is 0.0415. The maximum absolute atomic E-state index is 11.9. The van der Waals surface area contributed by atoms with E-state index in [0.29, 0.717) is 19.4 Å². The van der Waals surface area contributed by atoms with E-state index < -0.39 is 17.4 Å². The van der Waals surface area contributed by atoms with Gasteiger partial charge in [-0.3, -0.25) is 9.59 Å². The molecule has 0 saturated heterocycles. The SMILES string of the molecule is COC(=O)C(CC(C)C)NC(=O)CCCNC(=O)C(C)(C)C. The van der Waals surface area contributed by atoms with E-state index in [1.807, 2.05) is 34.6 Å². The van der Waals surface area contributed by atoms with Gasteiger partial charge in [-0.1, -0.05) is 34.6 Å². The number of hydrogen-bond acceptors (Lipinski definition) is 4. The Balaban J connectivity index is 4.15. The van der Waals surface area contributed by atoms with Crippen LogP contribution in [0.5, 0.6) is 0 Å². The van der Waals surface area contributed by atoms with E-state index in [9.17, 15) is 14.4 Å². The van der Waals surface area contributed by atoms with E-state index in [-0.39, 0.29) is 24.2 Å². The fraction of sp³-hybridized carbons (Fsp3) is 0.812. The van der Waals surface area contributed by atoms with Gasteiger partial charge in [-0.15, -0.1) is 0 Å². The molecule has 1 atom stereocenters. The molecular formula is C16H30N2O4. The zero-order chi connectivity index (χ0) is 17.3. The molecule has 0 aromatic carbocycles. The van der Waals surface area contributed by atoms with Gasteiger partial charge in [-0.2, -0.15) is 0 Å². The molecule has 22 heavy (non-hydrogen) atoms. The second-order valence-electron chi connectivity index (χ2n) is 6.88. The second kappa shape index (κ2) is 9.43. The Morgan fingerprint density at radius 1 is 1.14 bits per heavy atom. The van der Waals surface area contributed by atoms with Crippen LogP contribution in [0.1, 0.15) is 53.9 Å². The highest BCUT2D eigenvalue weighted by atomic mass is 16.5. The summed E-state index contributed by atoms with van der Waals surface area (Å²) in [5, 5.41) is 5.48. The van der Waals surface area contributed by atoms with Gasteiger partial charge >= 0.3 is 5.97 Å². The molecule has 0 aromatic heterocycles. The van der Waals surface area contributed by atoms with Crippen LogP contribution in [0.4, 0.5) is 0 Å². The molecule has 128 valence electrons. The Morgan fingerprint density at radius 2 is 1.73 bits per heavy atom. The molecule has 2 amide bonds. The van der Waals surface area contributed by atoms with Crippen molar-refractivity contribution >= 4 is 17.8 Å². The fourth-order valence-electron chi connectivity index (χ4n) is 1.81. The number of esters is 1. The maximum atomic E-state index is 11.9. The smallest absolute Gasteiger partial charge is 0.328 e. The van der Waals surface area contributed by atoms with Crippen molar-refractivity contribution in [1.29, 1.82) is 0 Å². The Kier molecular flexibility index (Phi) is 8.75. The van der Waals surface area contributed by atoms with Crippen LogP contribution in [0.2, 0.25) is 0 Å². The monoisotopic (exact) mass is 314 g/mol. The third kappa shape index (κ3) is 8.64. The van der Waals surface area contributed by atoms with Crippen molar-refractivity contribution in [2.75, 3.05) is 13.7 Å². The van der Waals surface area contributed by atoms with E-state index in [4.69, 9.17) is 4.74 Å². The molecule has 0 aliphatic rings. The van der Waals surface area contributed by atoms with Gasteiger partial charge in [0.05, 0.1) is 7.11 Å². The number of carbonyl (C=O) groups is 3. The van der Waals surface area contributed by atoms with Crippen molar-refractivity contribution in [2.45, 2.75) is 59.9 Å². The molecule has 0 bridgehead atoms. The largest absolute Gasteiger partial charge is 0.467 e. The van der Waals surface area contributed by atoms with Gasteiger partial charge in [0, 0.05) is 18.4 Å². The minimum atomic E-state index is -0.610. The van der Waals surface area contributed by atoms with Crippen LogP contribution in [0, 0.1) is 11.3 Å². The van der Waals surface area contributed by atoms with Crippen LogP contribution in [0.3, 0.4) is 0 Å². The standard InChI is InChI=1S/C16H30N2O4/c1-11(2)10-12(14(20)22-6)18-13(19)8-7-9-17-15(21)16(3,4)5/h11-12H,7-10H2,1-6H3,(H,17,21)(H,18,19). The summed E-state index contributed by atoms with van der Waals surface area (Å²) in [6.45, 7) is 9.90. The lowest BCUT2D eigenvalue weighted by molar-refractivity contribution is -0.145. The summed E-state index contributed by atoms with van der Waals surface area (Å²) < 4.78 is 4.70. The Bertz CT molecular complexity index is 386. The van der Waals surface area contributed by atoms with Gasteiger partial charge in [-0.05, 0) is 18.8 Å². The van der Waals surface area contributed by atoms with E-state index in [2.05, 4.69) is 10.6 Å². The van der Waals surface area contributed by atoms with Crippen molar-refractivity contribution < 1.29 is 19.1 Å². The molecule has 0 saturated carbocycles. The van der Waals surface area contributed by atoms with Crippen LogP contribution in [0.25, 0.3) is 0 Å². The average Bonchev–Trinajstić information content (AvgIpc) is 2.40. The molecule has 0 aliphatic heterocycles. The summed E-state index contributed by atoms with van der Waals surface area (Å²) in [5.74, 6) is -0.403. The predicted octanol–water partition coefficient (Wildman–Crippen LogP) is 1.63. The van der Waals surface area contributed by atoms with Gasteiger partial charge in [0.1, 0.15) is 6.04 Å². The van der Waals surface area contributed by atoms with Crippen molar-refractivity contribution in [3.63, 3.8) is 0 Å². The lowest BCUT2D eigenvalue weighted by Crippen LogP contribution is -2.42. The molecule has 0 rings (SSSR count). The Hall–Kier alpha value is -1.59. The Labute approximate surface area is 133 Å². The number of ether oxygens (including phenoxy) is 1. The van der Waals surface area contributed by atoms with Crippen LogP contribution >= 0.6 is 0 Å². The molecule has 2 N–H and O–H groups in total. The summed E-state index contributed by atoms with van der Waals surface area (Å²) in [6.07, 6.45) is 1.33. The van der Waals surface area contributed by atoms with Crippen LogP contribution in [-0.4, -0.2) is 37.5 Å². The number of nitrogens with one attached hydrogen (secondary N) is 2. The van der Waals surface area contributed by atoms with Gasteiger partial charge < -0.3 is 15.4 Å². The number of methoxy groups -OCH3 is 1. The summed E-state index contributed by atoms with van der Waals surface area (Å²) in [4.78, 5) is 35.1. The van der Waals surface area contributed by atoms with Crippen molar-refractivity contribution in [3.05, 3.63) is 0 Å². The Morgan fingerprint density at radius 3 is 2.18 bits per heavy atom. The van der Waals surface area contributed by atoms with Crippen LogP contribution in [0.15, 0.2) is 0 Å². The normalized spacial score (nSPS) is 12.7. The van der Waals surface area contributed by atoms with Crippen LogP contribution in [-0.2, 0) is 19.1 Å². The number of rotatable bonds is 8. The number of amides is 2. The van der Waals surface area contributed by atoms with E-state index >= 15 is 0 Å². The molecular weight excluding hydrogens is 284 g/mol. The first kappa shape index (κ1) is 20.4. The quantitative estimate of drug-likeness (QED) is 0.527. The summed E-state index contributed by atoms with van der Waals surface area (Å²) >= 11 is 0. The van der Waals surface area contributed by atoms with Crippen molar-refractivity contribution in [3.8, 4) is 0 Å². The topological polar surface area (TPSA) is 84.5 Å². The third-order valence-electron chi connectivity index (χ3n) is 3.08. The molecule has 1 unspecified atom stereocenters. The van der Waals surface area contributed by atoms with Gasteiger partial charge in [0.15, 0.2) is 0 Å². The van der Waals surface area contributed by atoms with E-state index in [1.165, 1.54) is 7.11 Å². The highest BCUT2D eigenvalue weighted by molar-refractivity contribution is 5.84. The lowest BCUT2D eigenvalue weighted by atomic mass is 9.96. The molecule has 0 heterocycles. The zero-order valence-corrected chi connectivity index (χ0v) is 14.6. The van der Waals surface area contributed by atoms with E-state index in [0.717, 1.165) is 0 Å². The molecule has 0 spiro atoms. The first-order valence-corrected chi connectivity index (χ1v) is 7.73. The molecule has 0 aromatic rings. The molecule has 0 fully saturated rings. The number of carbonyl (C=O) groups excluding carboxylic acids is 3. The molecule has 6 heteroatoms. The number of hydrogen-bond donors (Lipinski definition) is 2. The fourth-order valence-corrected chi connectivity index (χ4v) is 1.81. The molecule has 0 aliphatic carbocycles. The van der Waals surface area contributed by atoms with Gasteiger partial charge in [0.25, 0.3) is 0 Å². The van der Waals surface area contributed by atoms with Crippen LogP contribution < -0.4 is 10.6 Å². The minimum Gasteiger partial charge on any atom is -0.467 e. The van der Waals surface area contributed by atoms with E-state index in [1.54, 1.807) is 0 Å². The van der Waals surface area contributed by atoms with Gasteiger partial charge in [-0.25, -0.2) is 4.79 Å². The van der Waals surface area contributed by atoms with Gasteiger partial charge in [0.2, 0.25) is 11.8 Å². The third-order valence-corrected chi connectivity index (χ3v) is 3.08. The lowest BCUT2D eigenvalue weighted by Gasteiger charge is -2.19. The van der Waals surface area contributed by atoms with Crippen molar-refractivity contribution in [1.82, 2.24) is 10.6 Å². The predicted molar refractivity (Wildman–Crippen MR) is 85.1 cm³/mol.